The quantitative estimate of drug-likeness (QED) is 0.352. The van der Waals surface area contributed by atoms with Gasteiger partial charge in [0, 0.05) is 19.5 Å². The van der Waals surface area contributed by atoms with Crippen LogP contribution in [-0.2, 0) is 29.5 Å². The van der Waals surface area contributed by atoms with Crippen molar-refractivity contribution in [3.05, 3.63) is 106 Å². The number of hydrogen-bond donors (Lipinski definition) is 2. The standard InChI is InChI=1S/C15H15F3N2O2S.C11H16.Ru/c16-15(17,18)23(21,22)20-14(12-9-5-2-6-10-12)13(19)11-7-3-1-4-8-11;1-7-6-8(2)10(4)11(5)9(7)3;/h1-10,13-14,20H,19H2;6H,1-5H3;/t13-,14-;;/m0../s1. The largest absolute Gasteiger partial charge is 0.511 e. The van der Waals surface area contributed by atoms with Crippen LogP contribution in [0.5, 0.6) is 0 Å². The van der Waals surface area contributed by atoms with E-state index in [4.69, 9.17) is 5.73 Å². The Morgan fingerprint density at radius 3 is 1.54 bits per heavy atom. The molecule has 3 aromatic rings. The van der Waals surface area contributed by atoms with E-state index in [1.54, 1.807) is 53.3 Å². The van der Waals surface area contributed by atoms with Crippen LogP contribution in [0, 0.1) is 34.6 Å². The second kappa shape index (κ2) is 12.8. The Morgan fingerprint density at radius 2 is 1.14 bits per heavy atom. The second-order valence-electron chi connectivity index (χ2n) is 8.28. The molecule has 0 aromatic heterocycles. The summed E-state index contributed by atoms with van der Waals surface area (Å²) in [6.45, 7) is 10.9. The summed E-state index contributed by atoms with van der Waals surface area (Å²) >= 11 is 0. The van der Waals surface area contributed by atoms with Gasteiger partial charge in [-0.2, -0.15) is 17.9 Å². The first-order chi connectivity index (χ1) is 15.8. The molecular weight excluding hydrogens is 562 g/mol. The Labute approximate surface area is 219 Å². The number of halogens is 3. The van der Waals surface area contributed by atoms with Crippen LogP contribution < -0.4 is 10.5 Å². The van der Waals surface area contributed by atoms with E-state index in [9.17, 15) is 21.6 Å². The van der Waals surface area contributed by atoms with Gasteiger partial charge in [0.15, 0.2) is 0 Å². The molecule has 3 rings (SSSR count). The monoisotopic (exact) mass is 594 g/mol. The summed E-state index contributed by atoms with van der Waals surface area (Å²) in [5.74, 6) is 0. The van der Waals surface area contributed by atoms with Crippen LogP contribution in [0.4, 0.5) is 13.2 Å². The van der Waals surface area contributed by atoms with E-state index in [-0.39, 0.29) is 19.5 Å². The van der Waals surface area contributed by atoms with Gasteiger partial charge in [0.1, 0.15) is 0 Å². The molecule has 2 atom stereocenters. The van der Waals surface area contributed by atoms with Crippen molar-refractivity contribution < 1.29 is 41.1 Å². The van der Waals surface area contributed by atoms with Crippen LogP contribution in [0.15, 0.2) is 66.7 Å². The van der Waals surface area contributed by atoms with Crippen molar-refractivity contribution in [1.82, 2.24) is 4.72 Å². The molecule has 0 aliphatic carbocycles. The summed E-state index contributed by atoms with van der Waals surface area (Å²) < 4.78 is 62.7. The van der Waals surface area contributed by atoms with E-state index in [0.29, 0.717) is 11.1 Å². The van der Waals surface area contributed by atoms with Crippen molar-refractivity contribution in [3.8, 4) is 0 Å². The third kappa shape index (κ3) is 7.97. The molecule has 3 aromatic carbocycles. The molecule has 0 aliphatic heterocycles. The SMILES string of the molecule is Cc1cc(C)c(C)c(C)c1C.N[C@@H](c1ccccc1)[C@@H](NS(=O)(=O)C(F)(F)F)c1ccccc1.[Ru]. The molecule has 0 heterocycles. The maximum atomic E-state index is 12.7. The summed E-state index contributed by atoms with van der Waals surface area (Å²) in [6.07, 6.45) is 0. The van der Waals surface area contributed by atoms with Crippen molar-refractivity contribution in [2.75, 3.05) is 0 Å². The number of alkyl halides is 3. The van der Waals surface area contributed by atoms with Gasteiger partial charge in [0.2, 0.25) is 0 Å². The molecule has 192 valence electrons. The zero-order valence-electron chi connectivity index (χ0n) is 20.3. The van der Waals surface area contributed by atoms with E-state index >= 15 is 0 Å². The molecule has 9 heteroatoms. The Balaban J connectivity index is 0.000000430. The van der Waals surface area contributed by atoms with Crippen LogP contribution in [0.1, 0.15) is 51.0 Å². The molecule has 4 nitrogen and oxygen atoms in total. The summed E-state index contributed by atoms with van der Waals surface area (Å²) in [5.41, 5.74) is 8.62. The number of benzene rings is 3. The number of nitrogens with two attached hydrogens (primary N) is 1. The Kier molecular flexibility index (Phi) is 11.3. The zero-order chi connectivity index (χ0) is 25.7. The predicted molar refractivity (Wildman–Crippen MR) is 131 cm³/mol. The average molecular weight is 594 g/mol. The number of sulfonamides is 1. The van der Waals surface area contributed by atoms with Crippen LogP contribution in [0.3, 0.4) is 0 Å². The third-order valence-electron chi connectivity index (χ3n) is 6.03. The summed E-state index contributed by atoms with van der Waals surface area (Å²) in [5, 5.41) is 0. The molecule has 0 fully saturated rings. The molecule has 0 saturated heterocycles. The Bertz CT molecular complexity index is 1180. The average Bonchev–Trinajstić information content (AvgIpc) is 2.80. The van der Waals surface area contributed by atoms with Gasteiger partial charge in [-0.05, 0) is 73.6 Å². The molecule has 0 bridgehead atoms. The fourth-order valence-electron chi connectivity index (χ4n) is 3.52. The van der Waals surface area contributed by atoms with Crippen LogP contribution in [0.25, 0.3) is 0 Å². The Hall–Kier alpha value is -2.06. The van der Waals surface area contributed by atoms with E-state index in [1.807, 2.05) is 0 Å². The van der Waals surface area contributed by atoms with Gasteiger partial charge in [-0.1, -0.05) is 66.7 Å². The molecule has 3 N–H and O–H groups in total. The number of nitrogens with one attached hydrogen (secondary N) is 1. The molecular formula is C26H31F3N2O2RuS. The van der Waals surface area contributed by atoms with Crippen LogP contribution in [0.2, 0.25) is 0 Å². The smallest absolute Gasteiger partial charge is 0.322 e. The maximum absolute atomic E-state index is 12.7. The minimum Gasteiger partial charge on any atom is -0.322 e. The first-order valence-electron chi connectivity index (χ1n) is 10.7. The van der Waals surface area contributed by atoms with E-state index in [0.717, 1.165) is 0 Å². The van der Waals surface area contributed by atoms with Crippen molar-refractivity contribution in [2.45, 2.75) is 52.2 Å². The molecule has 0 amide bonds. The molecule has 0 saturated carbocycles. The van der Waals surface area contributed by atoms with Gasteiger partial charge in [-0.3, -0.25) is 0 Å². The minimum atomic E-state index is -5.53. The van der Waals surface area contributed by atoms with Crippen molar-refractivity contribution in [2.24, 2.45) is 5.73 Å². The van der Waals surface area contributed by atoms with E-state index in [2.05, 4.69) is 40.7 Å². The normalized spacial score (nSPS) is 13.2. The summed E-state index contributed by atoms with van der Waals surface area (Å²) in [6, 6.07) is 16.3. The number of rotatable bonds is 5. The second-order valence-corrected chi connectivity index (χ2v) is 9.98. The molecule has 35 heavy (non-hydrogen) atoms. The molecule has 0 radical (unpaired) electrons. The number of aryl methyl sites for hydroxylation is 2. The molecule has 0 spiro atoms. The van der Waals surface area contributed by atoms with Gasteiger partial charge < -0.3 is 5.73 Å². The van der Waals surface area contributed by atoms with Gasteiger partial charge in [-0.15, -0.1) is 0 Å². The van der Waals surface area contributed by atoms with Gasteiger partial charge in [-0.25, -0.2) is 8.42 Å². The van der Waals surface area contributed by atoms with Crippen molar-refractivity contribution in [3.63, 3.8) is 0 Å². The topological polar surface area (TPSA) is 72.2 Å². The van der Waals surface area contributed by atoms with Gasteiger partial charge >= 0.3 is 15.5 Å². The van der Waals surface area contributed by atoms with Crippen LogP contribution >= 0.6 is 0 Å². The fourth-order valence-corrected chi connectivity index (χ4v) is 4.28. The van der Waals surface area contributed by atoms with Crippen LogP contribution in [-0.4, -0.2) is 13.9 Å². The van der Waals surface area contributed by atoms with E-state index < -0.39 is 27.6 Å². The first-order valence-corrected chi connectivity index (χ1v) is 12.2. The minimum absolute atomic E-state index is 0. The summed E-state index contributed by atoms with van der Waals surface area (Å²) in [7, 11) is -5.53. The predicted octanol–water partition coefficient (Wildman–Crippen LogP) is 6.09. The maximum Gasteiger partial charge on any atom is 0.511 e. The number of hydrogen-bond acceptors (Lipinski definition) is 3. The third-order valence-corrected chi connectivity index (χ3v) is 7.20. The fraction of sp³-hybridized carbons (Fsp3) is 0.308. The zero-order valence-corrected chi connectivity index (χ0v) is 22.8. The Morgan fingerprint density at radius 1 is 0.743 bits per heavy atom. The first kappa shape index (κ1) is 31.0. The van der Waals surface area contributed by atoms with Gasteiger partial charge in [0.05, 0.1) is 12.1 Å². The van der Waals surface area contributed by atoms with E-state index in [1.165, 1.54) is 39.9 Å². The molecule has 0 unspecified atom stereocenters. The van der Waals surface area contributed by atoms with Crippen molar-refractivity contribution in [1.29, 1.82) is 0 Å². The van der Waals surface area contributed by atoms with Gasteiger partial charge in [0.25, 0.3) is 0 Å². The summed E-state index contributed by atoms with van der Waals surface area (Å²) in [4.78, 5) is 0. The molecule has 0 aliphatic rings. The van der Waals surface area contributed by atoms with Crippen molar-refractivity contribution >= 4 is 10.0 Å².